The Hall–Kier alpha value is -0.250. The zero-order valence-electron chi connectivity index (χ0n) is 20.7. The van der Waals surface area contributed by atoms with Gasteiger partial charge >= 0.3 is 12.1 Å². The smallest absolute Gasteiger partial charge is 0.383 e. The molecule has 0 aliphatic heterocycles. The molecule has 0 saturated heterocycles. The number of alkyl halides is 6. The fraction of sp³-hybridized carbons (Fsp3) is 0.889. The molecule has 0 radical (unpaired) electrons. The fourth-order valence-electron chi connectivity index (χ4n) is 8.62. The van der Waals surface area contributed by atoms with Gasteiger partial charge in [-0.05, 0) is 91.0 Å². The molecule has 0 heterocycles. The molecule has 7 atom stereocenters. The van der Waals surface area contributed by atoms with Crippen LogP contribution in [0.2, 0.25) is 0 Å². The van der Waals surface area contributed by atoms with Crippen LogP contribution in [0, 0.1) is 34.5 Å². The van der Waals surface area contributed by atoms with Gasteiger partial charge in [-0.1, -0.05) is 61.3 Å². The summed E-state index contributed by atoms with van der Waals surface area (Å²) in [5.74, 6) is -5.10. The summed E-state index contributed by atoms with van der Waals surface area (Å²) in [5, 5.41) is 11.2. The zero-order valence-corrected chi connectivity index (χ0v) is 22.9. The van der Waals surface area contributed by atoms with Gasteiger partial charge in [-0.25, -0.2) is 0 Å². The second-order valence-corrected chi connectivity index (χ2v) is 13.2. The fourth-order valence-corrected chi connectivity index (χ4v) is 9.16. The number of fused-ring (bicyclic) bond motifs is 5. The number of carbonyl (C=O) groups excluding carboxylic acids is 1. The van der Waals surface area contributed by atoms with Crippen molar-refractivity contribution in [3.05, 3.63) is 11.6 Å². The molecule has 200 valence electrons. The standard InChI is InChI=1S/C27H38F5IO2/c1-23-11-8-19(34)16-18(23)15-17(7-5-3-4-6-14-33)22-20(23)9-12-24(2)21(22)10-13-25(24,35)26(28,29)27(30,31)32/h16-17,20-22,35H,3-15H2,1-2H3/t17-,20+,21+,22-,23+,24+,25+/m1/s1. The molecule has 0 aromatic rings. The number of aliphatic hydroxyl groups is 1. The van der Waals surface area contributed by atoms with Crippen LogP contribution in [0.1, 0.15) is 90.9 Å². The maximum Gasteiger partial charge on any atom is 0.456 e. The van der Waals surface area contributed by atoms with E-state index in [1.54, 1.807) is 6.08 Å². The second kappa shape index (κ2) is 9.49. The summed E-state index contributed by atoms with van der Waals surface area (Å²) in [7, 11) is 0. The minimum Gasteiger partial charge on any atom is -0.383 e. The Labute approximate surface area is 219 Å². The van der Waals surface area contributed by atoms with Crippen LogP contribution < -0.4 is 0 Å². The summed E-state index contributed by atoms with van der Waals surface area (Å²) in [5.41, 5.74) is -3.64. The van der Waals surface area contributed by atoms with Gasteiger partial charge in [0.15, 0.2) is 5.78 Å². The molecule has 35 heavy (non-hydrogen) atoms. The van der Waals surface area contributed by atoms with E-state index in [0.717, 1.165) is 48.5 Å². The van der Waals surface area contributed by atoms with Crippen LogP contribution in [0.3, 0.4) is 0 Å². The highest BCUT2D eigenvalue weighted by Crippen LogP contribution is 2.72. The minimum absolute atomic E-state index is 0.00765. The molecule has 0 unspecified atom stereocenters. The first kappa shape index (κ1) is 27.8. The molecule has 4 aliphatic carbocycles. The molecule has 3 saturated carbocycles. The molecular weight excluding hydrogens is 578 g/mol. The number of carbonyl (C=O) groups is 1. The lowest BCUT2D eigenvalue weighted by atomic mass is 9.43. The third-order valence-corrected chi connectivity index (χ3v) is 11.4. The molecule has 0 aromatic carbocycles. The van der Waals surface area contributed by atoms with Crippen molar-refractivity contribution >= 4 is 28.4 Å². The van der Waals surface area contributed by atoms with E-state index in [0.29, 0.717) is 19.3 Å². The third kappa shape index (κ3) is 4.22. The molecule has 3 fully saturated rings. The number of hydrogen-bond donors (Lipinski definition) is 1. The van der Waals surface area contributed by atoms with Gasteiger partial charge in [0, 0.05) is 11.8 Å². The topological polar surface area (TPSA) is 37.3 Å². The minimum atomic E-state index is -5.78. The van der Waals surface area contributed by atoms with E-state index in [1.165, 1.54) is 6.92 Å². The molecular formula is C27H38F5IO2. The molecule has 4 rings (SSSR count). The van der Waals surface area contributed by atoms with Crippen LogP contribution in [0.5, 0.6) is 0 Å². The maximum atomic E-state index is 14.8. The third-order valence-electron chi connectivity index (χ3n) is 10.6. The van der Waals surface area contributed by atoms with Crippen molar-refractivity contribution in [2.24, 2.45) is 34.5 Å². The Morgan fingerprint density at radius 2 is 1.66 bits per heavy atom. The van der Waals surface area contributed by atoms with Gasteiger partial charge in [0.25, 0.3) is 0 Å². The van der Waals surface area contributed by atoms with Gasteiger partial charge in [0.2, 0.25) is 0 Å². The average Bonchev–Trinajstić information content (AvgIpc) is 3.06. The van der Waals surface area contributed by atoms with Crippen LogP contribution in [0.25, 0.3) is 0 Å². The lowest BCUT2D eigenvalue weighted by Crippen LogP contribution is -2.66. The molecule has 8 heteroatoms. The van der Waals surface area contributed by atoms with Gasteiger partial charge in [-0.2, -0.15) is 22.0 Å². The molecule has 1 N–H and O–H groups in total. The van der Waals surface area contributed by atoms with E-state index >= 15 is 0 Å². The molecule has 2 nitrogen and oxygen atoms in total. The first-order chi connectivity index (χ1) is 16.2. The predicted molar refractivity (Wildman–Crippen MR) is 134 cm³/mol. The van der Waals surface area contributed by atoms with E-state index in [-0.39, 0.29) is 47.7 Å². The Morgan fingerprint density at radius 1 is 1.00 bits per heavy atom. The van der Waals surface area contributed by atoms with Crippen LogP contribution in [-0.4, -0.2) is 33.0 Å². The number of hydrogen-bond acceptors (Lipinski definition) is 2. The Balaban J connectivity index is 1.69. The highest BCUT2D eigenvalue weighted by atomic mass is 127. The van der Waals surface area contributed by atoms with Crippen LogP contribution in [0.15, 0.2) is 11.6 Å². The Bertz CT molecular complexity index is 857. The SMILES string of the molecule is C[C@]12CCC(=O)C=C1C[C@@H](CCCCCCI)[C@@H]1[C@@H]2CC[C@@]2(C)[C@H]1CC[C@@]2(O)C(F)(F)C(F)(F)F. The van der Waals surface area contributed by atoms with Gasteiger partial charge < -0.3 is 5.11 Å². The molecule has 0 bridgehead atoms. The molecule has 4 aliphatic rings. The maximum absolute atomic E-state index is 14.8. The monoisotopic (exact) mass is 616 g/mol. The van der Waals surface area contributed by atoms with Gasteiger partial charge in [0.1, 0.15) is 5.60 Å². The highest BCUT2D eigenvalue weighted by molar-refractivity contribution is 14.1. The lowest BCUT2D eigenvalue weighted by molar-refractivity contribution is -0.364. The quantitative estimate of drug-likeness (QED) is 0.136. The van der Waals surface area contributed by atoms with Crippen molar-refractivity contribution in [1.82, 2.24) is 0 Å². The van der Waals surface area contributed by atoms with Crippen LogP contribution >= 0.6 is 22.6 Å². The number of unbranched alkanes of at least 4 members (excludes halogenated alkanes) is 3. The van der Waals surface area contributed by atoms with Gasteiger partial charge in [-0.3, -0.25) is 4.79 Å². The number of ketones is 1. The van der Waals surface area contributed by atoms with E-state index in [1.807, 2.05) is 0 Å². The summed E-state index contributed by atoms with van der Waals surface area (Å²) in [6.45, 7) is 3.67. The highest BCUT2D eigenvalue weighted by Gasteiger charge is 2.79. The van der Waals surface area contributed by atoms with Crippen molar-refractivity contribution < 1.29 is 31.9 Å². The van der Waals surface area contributed by atoms with Crippen molar-refractivity contribution in [1.29, 1.82) is 0 Å². The summed E-state index contributed by atoms with van der Waals surface area (Å²) >= 11 is 2.36. The first-order valence-corrected chi connectivity index (χ1v) is 14.7. The number of rotatable bonds is 7. The summed E-state index contributed by atoms with van der Waals surface area (Å²) in [6.07, 6.45) is 3.49. The van der Waals surface area contributed by atoms with E-state index in [4.69, 9.17) is 0 Å². The Morgan fingerprint density at radius 3 is 2.31 bits per heavy atom. The van der Waals surface area contributed by atoms with Gasteiger partial charge in [0.05, 0.1) is 0 Å². The van der Waals surface area contributed by atoms with Crippen molar-refractivity contribution in [2.75, 3.05) is 4.43 Å². The normalized spacial score (nSPS) is 41.7. The van der Waals surface area contributed by atoms with Gasteiger partial charge in [-0.15, -0.1) is 0 Å². The zero-order chi connectivity index (χ0) is 25.9. The largest absolute Gasteiger partial charge is 0.456 e. The second-order valence-electron chi connectivity index (χ2n) is 12.1. The van der Waals surface area contributed by atoms with E-state index < -0.39 is 29.5 Å². The van der Waals surface area contributed by atoms with Crippen molar-refractivity contribution in [3.63, 3.8) is 0 Å². The summed E-state index contributed by atoms with van der Waals surface area (Å²) in [4.78, 5) is 12.3. The van der Waals surface area contributed by atoms with E-state index in [2.05, 4.69) is 29.5 Å². The average molecular weight is 616 g/mol. The predicted octanol–water partition coefficient (Wildman–Crippen LogP) is 8.06. The number of allylic oxidation sites excluding steroid dienone is 1. The van der Waals surface area contributed by atoms with Crippen LogP contribution in [0.4, 0.5) is 22.0 Å². The molecule has 0 spiro atoms. The van der Waals surface area contributed by atoms with Crippen molar-refractivity contribution in [2.45, 2.75) is 109 Å². The summed E-state index contributed by atoms with van der Waals surface area (Å²) in [6, 6.07) is 0. The first-order valence-electron chi connectivity index (χ1n) is 13.2. The molecule has 0 amide bonds. The lowest BCUT2D eigenvalue weighted by Gasteiger charge is -2.62. The Kier molecular flexibility index (Phi) is 7.53. The molecule has 0 aromatic heterocycles. The van der Waals surface area contributed by atoms with E-state index in [9.17, 15) is 31.9 Å². The van der Waals surface area contributed by atoms with Crippen LogP contribution in [-0.2, 0) is 4.79 Å². The van der Waals surface area contributed by atoms with Crippen molar-refractivity contribution in [3.8, 4) is 0 Å². The summed E-state index contributed by atoms with van der Waals surface area (Å²) < 4.78 is 71.3. The number of halogens is 6.